The van der Waals surface area contributed by atoms with Crippen LogP contribution in [0.5, 0.6) is 0 Å². The van der Waals surface area contributed by atoms with E-state index in [1.165, 1.54) is 103 Å². The predicted molar refractivity (Wildman–Crippen MR) is 246 cm³/mol. The number of rotatable bonds is 42. The Bertz CT molecular complexity index is 1080. The van der Waals surface area contributed by atoms with Crippen LogP contribution in [0.3, 0.4) is 0 Å². The number of aliphatic hydroxyl groups is 1. The molecule has 0 aromatic heterocycles. The maximum absolute atomic E-state index is 12.2. The molecule has 0 rings (SSSR count). The molecule has 0 saturated heterocycles. The van der Waals surface area contributed by atoms with E-state index in [2.05, 4.69) is 98.9 Å². The van der Waals surface area contributed by atoms with Gasteiger partial charge in [-0.3, -0.25) is 9.59 Å². The summed E-state index contributed by atoms with van der Waals surface area (Å²) in [6, 6.07) is 0. The van der Waals surface area contributed by atoms with Crippen LogP contribution in [-0.4, -0.2) is 36.4 Å². The molecule has 1 unspecified atom stereocenters. The summed E-state index contributed by atoms with van der Waals surface area (Å²) in [6.07, 6.45) is 65.2. The van der Waals surface area contributed by atoms with Crippen molar-refractivity contribution >= 4 is 11.9 Å². The lowest BCUT2D eigenvalue weighted by atomic mass is 10.0. The Labute approximate surface area is 352 Å². The molecular weight excluding hydrogens is 705 g/mol. The van der Waals surface area contributed by atoms with Gasteiger partial charge in [-0.2, -0.15) is 0 Å². The fraction of sp³-hybridized carbons (Fsp3) is 0.692. The highest BCUT2D eigenvalue weighted by Gasteiger charge is 2.16. The standard InChI is InChI=1S/C52H88O5/c1-3-5-7-9-11-13-15-17-19-21-22-23-24-25-26-27-28-29-30-31-33-35-37-39-41-43-45-47-52(55)57-50(48-53)49-56-51(54)46-44-42-40-38-36-34-32-20-18-16-14-12-10-8-6-4-2/h5,7,11,13-14,16-17,19-20,22-23,25-26,32,50,53H,3-4,6,8-10,12,15,18,21,24,27-31,33-49H2,1-2H3/b7-5-,13-11-,16-14-,19-17-,23-22-,26-25-,32-20-. The van der Waals surface area contributed by atoms with Crippen molar-refractivity contribution in [2.75, 3.05) is 13.2 Å². The molecule has 0 heterocycles. The van der Waals surface area contributed by atoms with Crippen LogP contribution in [0.4, 0.5) is 0 Å². The third-order valence-corrected chi connectivity index (χ3v) is 9.92. The number of hydrogen-bond acceptors (Lipinski definition) is 5. The van der Waals surface area contributed by atoms with Crippen molar-refractivity contribution in [1.82, 2.24) is 0 Å². The Morgan fingerprint density at radius 3 is 1.14 bits per heavy atom. The molecule has 57 heavy (non-hydrogen) atoms. The second-order valence-corrected chi connectivity index (χ2v) is 15.4. The number of unbranched alkanes of at least 4 members (excludes halogenated alkanes) is 20. The highest BCUT2D eigenvalue weighted by Crippen LogP contribution is 2.14. The van der Waals surface area contributed by atoms with Crippen molar-refractivity contribution in [1.29, 1.82) is 0 Å². The molecule has 0 spiro atoms. The summed E-state index contributed by atoms with van der Waals surface area (Å²) in [6.45, 7) is 3.99. The molecule has 1 atom stereocenters. The first kappa shape index (κ1) is 54.1. The van der Waals surface area contributed by atoms with Crippen molar-refractivity contribution in [2.45, 2.75) is 219 Å². The third kappa shape index (κ3) is 45.7. The Kier molecular flexibility index (Phi) is 45.0. The monoisotopic (exact) mass is 793 g/mol. The molecule has 0 fully saturated rings. The second-order valence-electron chi connectivity index (χ2n) is 15.4. The SMILES string of the molecule is CC/C=C\C/C=C\C/C=C\C/C=C\C/C=C\CCCCCCCCCCCCCC(=O)OC(CO)COC(=O)CCCCCCC/C=C\C/C=C\CCCCCC. The van der Waals surface area contributed by atoms with Crippen molar-refractivity contribution in [2.24, 2.45) is 0 Å². The summed E-state index contributed by atoms with van der Waals surface area (Å²) in [5.41, 5.74) is 0. The molecule has 0 amide bonds. The van der Waals surface area contributed by atoms with Crippen LogP contribution in [0.2, 0.25) is 0 Å². The maximum atomic E-state index is 12.2. The van der Waals surface area contributed by atoms with Crippen LogP contribution < -0.4 is 0 Å². The number of esters is 2. The van der Waals surface area contributed by atoms with E-state index >= 15 is 0 Å². The van der Waals surface area contributed by atoms with Crippen LogP contribution in [-0.2, 0) is 19.1 Å². The van der Waals surface area contributed by atoms with Gasteiger partial charge in [0, 0.05) is 12.8 Å². The van der Waals surface area contributed by atoms with Gasteiger partial charge in [-0.05, 0) is 89.9 Å². The van der Waals surface area contributed by atoms with Crippen LogP contribution in [0.1, 0.15) is 213 Å². The van der Waals surface area contributed by atoms with Gasteiger partial charge in [0.15, 0.2) is 6.10 Å². The number of hydrogen-bond donors (Lipinski definition) is 1. The second kappa shape index (κ2) is 47.5. The van der Waals surface area contributed by atoms with Crippen molar-refractivity contribution < 1.29 is 24.2 Å². The van der Waals surface area contributed by atoms with E-state index < -0.39 is 6.10 Å². The Morgan fingerprint density at radius 1 is 0.421 bits per heavy atom. The van der Waals surface area contributed by atoms with Crippen molar-refractivity contribution in [3.8, 4) is 0 Å². The topological polar surface area (TPSA) is 72.8 Å². The van der Waals surface area contributed by atoms with E-state index in [4.69, 9.17) is 9.47 Å². The van der Waals surface area contributed by atoms with E-state index in [-0.39, 0.29) is 25.2 Å². The van der Waals surface area contributed by atoms with Gasteiger partial charge in [0.2, 0.25) is 0 Å². The lowest BCUT2D eigenvalue weighted by Gasteiger charge is -2.15. The van der Waals surface area contributed by atoms with Gasteiger partial charge >= 0.3 is 11.9 Å². The lowest BCUT2D eigenvalue weighted by molar-refractivity contribution is -0.161. The normalized spacial score (nSPS) is 13.0. The number of ether oxygens (including phenoxy) is 2. The Hall–Kier alpha value is -2.92. The summed E-state index contributed by atoms with van der Waals surface area (Å²) in [7, 11) is 0. The van der Waals surface area contributed by atoms with Crippen LogP contribution in [0.15, 0.2) is 85.1 Å². The smallest absolute Gasteiger partial charge is 0.306 e. The van der Waals surface area contributed by atoms with Gasteiger partial charge in [0.25, 0.3) is 0 Å². The molecule has 0 saturated carbocycles. The quantitative estimate of drug-likeness (QED) is 0.0379. The first-order valence-electron chi connectivity index (χ1n) is 23.6. The van der Waals surface area contributed by atoms with Gasteiger partial charge in [0.1, 0.15) is 6.61 Å². The minimum atomic E-state index is -0.783. The fourth-order valence-corrected chi connectivity index (χ4v) is 6.38. The summed E-state index contributed by atoms with van der Waals surface area (Å²) >= 11 is 0. The Balaban J connectivity index is 3.56. The zero-order valence-corrected chi connectivity index (χ0v) is 37.1. The Morgan fingerprint density at radius 2 is 0.754 bits per heavy atom. The number of carbonyl (C=O) groups excluding carboxylic acids is 2. The fourth-order valence-electron chi connectivity index (χ4n) is 6.38. The van der Waals surface area contributed by atoms with E-state index in [0.717, 1.165) is 83.5 Å². The summed E-state index contributed by atoms with van der Waals surface area (Å²) in [4.78, 5) is 24.4. The van der Waals surface area contributed by atoms with E-state index in [9.17, 15) is 14.7 Å². The average molecular weight is 793 g/mol. The van der Waals surface area contributed by atoms with E-state index in [1.807, 2.05) is 0 Å². The van der Waals surface area contributed by atoms with Crippen molar-refractivity contribution in [3.05, 3.63) is 85.1 Å². The molecule has 5 heteroatoms. The summed E-state index contributed by atoms with van der Waals surface area (Å²) in [5.74, 6) is -0.612. The van der Waals surface area contributed by atoms with Gasteiger partial charge in [-0.15, -0.1) is 0 Å². The number of allylic oxidation sites excluding steroid dienone is 14. The van der Waals surface area contributed by atoms with E-state index in [1.54, 1.807) is 0 Å². The summed E-state index contributed by atoms with van der Waals surface area (Å²) in [5, 5.41) is 9.60. The molecule has 0 aliphatic carbocycles. The zero-order valence-electron chi connectivity index (χ0n) is 37.1. The lowest BCUT2D eigenvalue weighted by Crippen LogP contribution is -2.28. The van der Waals surface area contributed by atoms with Crippen LogP contribution in [0.25, 0.3) is 0 Å². The molecule has 5 nitrogen and oxygen atoms in total. The minimum absolute atomic E-state index is 0.0776. The van der Waals surface area contributed by atoms with E-state index in [0.29, 0.717) is 12.8 Å². The zero-order chi connectivity index (χ0) is 41.4. The molecule has 326 valence electrons. The molecule has 1 N–H and O–H groups in total. The summed E-state index contributed by atoms with van der Waals surface area (Å²) < 4.78 is 10.6. The molecule has 0 aliphatic heterocycles. The first-order valence-corrected chi connectivity index (χ1v) is 23.6. The predicted octanol–water partition coefficient (Wildman–Crippen LogP) is 15.5. The molecule has 0 bridgehead atoms. The van der Waals surface area contributed by atoms with Gasteiger partial charge in [-0.1, -0.05) is 195 Å². The average Bonchev–Trinajstić information content (AvgIpc) is 3.21. The highest BCUT2D eigenvalue weighted by atomic mass is 16.6. The van der Waals surface area contributed by atoms with Gasteiger partial charge < -0.3 is 14.6 Å². The molecule has 0 aliphatic rings. The highest BCUT2D eigenvalue weighted by molar-refractivity contribution is 5.70. The van der Waals surface area contributed by atoms with Crippen LogP contribution >= 0.6 is 0 Å². The van der Waals surface area contributed by atoms with Gasteiger partial charge in [-0.25, -0.2) is 0 Å². The molecule has 0 radical (unpaired) electrons. The molecule has 0 aromatic carbocycles. The molecule has 0 aromatic rings. The first-order chi connectivity index (χ1) is 28.1. The minimum Gasteiger partial charge on any atom is -0.462 e. The van der Waals surface area contributed by atoms with Gasteiger partial charge in [0.05, 0.1) is 6.61 Å². The maximum Gasteiger partial charge on any atom is 0.306 e. The largest absolute Gasteiger partial charge is 0.462 e. The van der Waals surface area contributed by atoms with Crippen molar-refractivity contribution in [3.63, 3.8) is 0 Å². The van der Waals surface area contributed by atoms with Crippen LogP contribution in [0, 0.1) is 0 Å². The number of aliphatic hydroxyl groups excluding tert-OH is 1. The number of carbonyl (C=O) groups is 2. The third-order valence-electron chi connectivity index (χ3n) is 9.92. The molecular formula is C52H88O5.